The van der Waals surface area contributed by atoms with Gasteiger partial charge in [-0.2, -0.15) is 4.68 Å². The van der Waals surface area contributed by atoms with Gasteiger partial charge < -0.3 is 9.64 Å². The Morgan fingerprint density at radius 1 is 1.10 bits per heavy atom. The molecule has 1 aliphatic rings. The number of hydrogen-bond donors (Lipinski definition) is 1. The van der Waals surface area contributed by atoms with E-state index in [1.165, 1.54) is 32.2 Å². The lowest BCUT2D eigenvalue weighted by Crippen LogP contribution is -3.15. The van der Waals surface area contributed by atoms with E-state index in [1.807, 2.05) is 48.0 Å². The molecule has 1 N–H and O–H groups in total. The molecule has 4 rings (SSSR count). The largest absolute Gasteiger partial charge is 0.494 e. The number of nitrogens with one attached hydrogen (secondary N) is 1. The number of quaternary nitrogens is 1. The van der Waals surface area contributed by atoms with Gasteiger partial charge in [-0.3, -0.25) is 9.55 Å². The van der Waals surface area contributed by atoms with Crippen LogP contribution in [0.15, 0.2) is 48.8 Å². The lowest BCUT2D eigenvalue weighted by atomic mass is 10.0. The van der Waals surface area contributed by atoms with Gasteiger partial charge in [0, 0.05) is 18.0 Å². The number of likely N-dealkylation sites (tertiary alicyclic amines) is 1. The minimum Gasteiger partial charge on any atom is -0.494 e. The molecule has 0 radical (unpaired) electrons. The second kappa shape index (κ2) is 9.53. The maximum absolute atomic E-state index is 5.93. The lowest BCUT2D eigenvalue weighted by Gasteiger charge is -2.31. The normalized spacial score (nSPS) is 19.0. The monoisotopic (exact) mass is 424 g/mol. The maximum atomic E-state index is 5.93. The molecule has 0 amide bonds. The standard InChI is InChI=1S/C23H29N5OS/c1-3-19-7-5-6-16-26(19)17-27-23(30)28(20-8-10-21(11-9-20)29-4-2)22(25-27)18-12-14-24-15-13-18/h8-15,19H,3-7,16-17H2,1-2H3/p+1/t19-/m0/s1. The minimum atomic E-state index is 0.649. The van der Waals surface area contributed by atoms with Crippen molar-refractivity contribution in [2.45, 2.75) is 52.2 Å². The van der Waals surface area contributed by atoms with Crippen molar-refractivity contribution in [2.75, 3.05) is 13.2 Å². The van der Waals surface area contributed by atoms with Crippen LogP contribution in [0.2, 0.25) is 0 Å². The Balaban J connectivity index is 1.75. The zero-order chi connectivity index (χ0) is 20.9. The fourth-order valence-electron chi connectivity index (χ4n) is 4.33. The molecule has 2 aromatic heterocycles. The molecular weight excluding hydrogens is 394 g/mol. The second-order valence-corrected chi connectivity index (χ2v) is 8.14. The van der Waals surface area contributed by atoms with Gasteiger partial charge in [-0.25, -0.2) is 0 Å². The first-order chi connectivity index (χ1) is 14.7. The summed E-state index contributed by atoms with van der Waals surface area (Å²) >= 11 is 5.93. The third-order valence-electron chi connectivity index (χ3n) is 5.91. The molecule has 3 heterocycles. The Morgan fingerprint density at radius 3 is 2.57 bits per heavy atom. The van der Waals surface area contributed by atoms with Crippen molar-refractivity contribution in [1.29, 1.82) is 0 Å². The molecule has 3 aromatic rings. The van der Waals surface area contributed by atoms with Crippen LogP contribution in [0.3, 0.4) is 0 Å². The third-order valence-corrected chi connectivity index (χ3v) is 6.30. The van der Waals surface area contributed by atoms with Crippen molar-refractivity contribution in [3.05, 3.63) is 53.6 Å². The minimum absolute atomic E-state index is 0.649. The van der Waals surface area contributed by atoms with Crippen LogP contribution in [0.5, 0.6) is 5.75 Å². The van der Waals surface area contributed by atoms with Gasteiger partial charge in [0.25, 0.3) is 0 Å². The number of nitrogens with zero attached hydrogens (tertiary/aromatic N) is 4. The van der Waals surface area contributed by atoms with Gasteiger partial charge in [0.2, 0.25) is 4.77 Å². The van der Waals surface area contributed by atoms with Crippen LogP contribution in [0.1, 0.15) is 39.5 Å². The Bertz CT molecular complexity index is 1010. The summed E-state index contributed by atoms with van der Waals surface area (Å²) in [5, 5.41) is 4.97. The van der Waals surface area contributed by atoms with Crippen molar-refractivity contribution < 1.29 is 9.64 Å². The molecule has 7 heteroatoms. The van der Waals surface area contributed by atoms with Gasteiger partial charge in [0.05, 0.1) is 24.9 Å². The van der Waals surface area contributed by atoms with Crippen LogP contribution in [-0.2, 0) is 6.67 Å². The van der Waals surface area contributed by atoms with Crippen LogP contribution in [0, 0.1) is 4.77 Å². The van der Waals surface area contributed by atoms with Gasteiger partial charge in [-0.1, -0.05) is 6.92 Å². The van der Waals surface area contributed by atoms with E-state index in [2.05, 4.69) is 16.5 Å². The lowest BCUT2D eigenvalue weighted by molar-refractivity contribution is -0.953. The molecule has 0 spiro atoms. The van der Waals surface area contributed by atoms with E-state index in [0.29, 0.717) is 12.6 Å². The fourth-order valence-corrected chi connectivity index (χ4v) is 4.63. The topological polar surface area (TPSA) is 49.3 Å². The summed E-state index contributed by atoms with van der Waals surface area (Å²) in [5.74, 6) is 1.70. The highest BCUT2D eigenvalue weighted by atomic mass is 32.1. The van der Waals surface area contributed by atoms with Crippen molar-refractivity contribution >= 4 is 12.2 Å². The summed E-state index contributed by atoms with van der Waals surface area (Å²) in [6.45, 7) is 6.91. The van der Waals surface area contributed by atoms with Crippen LogP contribution >= 0.6 is 12.2 Å². The Hall–Kier alpha value is -2.51. The molecule has 1 aromatic carbocycles. The van der Waals surface area contributed by atoms with E-state index in [0.717, 1.165) is 34.3 Å². The number of hydrogen-bond acceptors (Lipinski definition) is 4. The molecule has 0 bridgehead atoms. The molecule has 0 aliphatic carbocycles. The number of ether oxygens (including phenoxy) is 1. The predicted molar refractivity (Wildman–Crippen MR) is 121 cm³/mol. The molecule has 30 heavy (non-hydrogen) atoms. The van der Waals surface area contributed by atoms with E-state index in [4.69, 9.17) is 22.1 Å². The van der Waals surface area contributed by atoms with E-state index in [-0.39, 0.29) is 0 Å². The SMILES string of the molecule is CCOc1ccc(-n2c(-c3ccncc3)nn(C[NH+]3CCCC[C@@H]3CC)c2=S)cc1. The first-order valence-corrected chi connectivity index (χ1v) is 11.3. The summed E-state index contributed by atoms with van der Waals surface area (Å²) in [6.07, 6.45) is 8.67. The van der Waals surface area contributed by atoms with Gasteiger partial charge in [0.15, 0.2) is 12.5 Å². The van der Waals surface area contributed by atoms with E-state index < -0.39 is 0 Å². The van der Waals surface area contributed by atoms with Crippen LogP contribution in [-0.4, -0.2) is 38.5 Å². The number of rotatable bonds is 7. The molecule has 0 saturated carbocycles. The Labute approximate surface area is 183 Å². The Kier molecular flexibility index (Phi) is 6.59. The first-order valence-electron chi connectivity index (χ1n) is 10.9. The average Bonchev–Trinajstić information content (AvgIpc) is 3.11. The quantitative estimate of drug-likeness (QED) is 0.588. The number of aromatic nitrogens is 4. The maximum Gasteiger partial charge on any atom is 0.207 e. The summed E-state index contributed by atoms with van der Waals surface area (Å²) in [5.41, 5.74) is 1.99. The first kappa shape index (κ1) is 20.8. The zero-order valence-electron chi connectivity index (χ0n) is 17.8. The van der Waals surface area contributed by atoms with Crippen LogP contribution in [0.4, 0.5) is 0 Å². The van der Waals surface area contributed by atoms with Crippen LogP contribution in [0.25, 0.3) is 17.1 Å². The van der Waals surface area contributed by atoms with Crippen molar-refractivity contribution in [3.63, 3.8) is 0 Å². The highest BCUT2D eigenvalue weighted by Gasteiger charge is 2.26. The van der Waals surface area contributed by atoms with Gasteiger partial charge in [-0.15, -0.1) is 5.10 Å². The Morgan fingerprint density at radius 2 is 1.87 bits per heavy atom. The molecule has 158 valence electrons. The number of pyridine rings is 1. The summed E-state index contributed by atoms with van der Waals surface area (Å²) in [4.78, 5) is 5.74. The average molecular weight is 425 g/mol. The molecule has 1 aliphatic heterocycles. The summed E-state index contributed by atoms with van der Waals surface area (Å²) in [6, 6.07) is 12.7. The van der Waals surface area contributed by atoms with Crippen LogP contribution < -0.4 is 9.64 Å². The summed E-state index contributed by atoms with van der Waals surface area (Å²) < 4.78 is 10.4. The molecule has 1 unspecified atom stereocenters. The molecule has 6 nitrogen and oxygen atoms in total. The van der Waals surface area contributed by atoms with Crippen molar-refractivity contribution in [3.8, 4) is 22.8 Å². The zero-order valence-corrected chi connectivity index (χ0v) is 18.6. The van der Waals surface area contributed by atoms with E-state index >= 15 is 0 Å². The molecule has 2 atom stereocenters. The van der Waals surface area contributed by atoms with Crippen molar-refractivity contribution in [1.82, 2.24) is 19.3 Å². The van der Waals surface area contributed by atoms with Crippen molar-refractivity contribution in [2.24, 2.45) is 0 Å². The summed E-state index contributed by atoms with van der Waals surface area (Å²) in [7, 11) is 0. The second-order valence-electron chi connectivity index (χ2n) is 7.77. The van der Waals surface area contributed by atoms with E-state index in [1.54, 1.807) is 17.3 Å². The predicted octanol–water partition coefficient (Wildman–Crippen LogP) is 3.67. The van der Waals surface area contributed by atoms with Gasteiger partial charge in [0.1, 0.15) is 5.75 Å². The molecule has 1 fully saturated rings. The number of piperidine rings is 1. The molecule has 1 saturated heterocycles. The fraction of sp³-hybridized carbons (Fsp3) is 0.435. The van der Waals surface area contributed by atoms with Gasteiger partial charge in [-0.05, 0) is 81.2 Å². The number of benzene rings is 1. The third kappa shape index (κ3) is 4.32. The highest BCUT2D eigenvalue weighted by Crippen LogP contribution is 2.24. The highest BCUT2D eigenvalue weighted by molar-refractivity contribution is 7.71. The van der Waals surface area contributed by atoms with E-state index in [9.17, 15) is 0 Å². The van der Waals surface area contributed by atoms with Gasteiger partial charge >= 0.3 is 0 Å². The molecular formula is C23H30N5OS+. The smallest absolute Gasteiger partial charge is 0.207 e.